The summed E-state index contributed by atoms with van der Waals surface area (Å²) in [4.78, 5) is 11.9. The molecule has 0 fully saturated rings. The third-order valence-electron chi connectivity index (χ3n) is 2.51. The fraction of sp³-hybridized carbons (Fsp3) is 0.154. The Bertz CT molecular complexity index is 624. The van der Waals surface area contributed by atoms with Gasteiger partial charge in [-0.25, -0.2) is 9.18 Å². The largest absolute Gasteiger partial charge is 0.486 e. The Balaban J connectivity index is 2.12. The van der Waals surface area contributed by atoms with Gasteiger partial charge in [0.1, 0.15) is 11.5 Å². The standard InChI is InChI=1S/C13H10ClFO3S/c1-7-8(4-12(19-7)13(16)17)6-18-11-3-2-9(14)5-10(11)15/h2-5H,6H2,1H3,(H,16,17). The highest BCUT2D eigenvalue weighted by atomic mass is 35.5. The maximum absolute atomic E-state index is 13.5. The van der Waals surface area contributed by atoms with Gasteiger partial charge in [0.15, 0.2) is 11.6 Å². The van der Waals surface area contributed by atoms with Crippen LogP contribution in [-0.2, 0) is 6.61 Å². The highest BCUT2D eigenvalue weighted by molar-refractivity contribution is 7.14. The molecule has 0 amide bonds. The highest BCUT2D eigenvalue weighted by Crippen LogP contribution is 2.25. The van der Waals surface area contributed by atoms with Crippen molar-refractivity contribution >= 4 is 28.9 Å². The highest BCUT2D eigenvalue weighted by Gasteiger charge is 2.12. The Hall–Kier alpha value is -1.59. The van der Waals surface area contributed by atoms with Crippen molar-refractivity contribution in [1.29, 1.82) is 0 Å². The van der Waals surface area contributed by atoms with Crippen molar-refractivity contribution in [2.24, 2.45) is 0 Å². The summed E-state index contributed by atoms with van der Waals surface area (Å²) in [5.74, 6) is -1.43. The summed E-state index contributed by atoms with van der Waals surface area (Å²) in [5, 5.41) is 9.17. The lowest BCUT2D eigenvalue weighted by Crippen LogP contribution is -1.98. The molecule has 3 nitrogen and oxygen atoms in total. The van der Waals surface area contributed by atoms with Gasteiger partial charge in [-0.3, -0.25) is 0 Å². The molecule has 19 heavy (non-hydrogen) atoms. The van der Waals surface area contributed by atoms with Crippen molar-refractivity contribution in [3.05, 3.63) is 50.4 Å². The lowest BCUT2D eigenvalue weighted by Gasteiger charge is -2.06. The topological polar surface area (TPSA) is 46.5 Å². The van der Waals surface area contributed by atoms with Crippen LogP contribution in [0.4, 0.5) is 4.39 Å². The summed E-state index contributed by atoms with van der Waals surface area (Å²) < 4.78 is 18.8. The molecule has 2 rings (SSSR count). The molecule has 0 aliphatic carbocycles. The SMILES string of the molecule is Cc1sc(C(=O)O)cc1COc1ccc(Cl)cc1F. The molecule has 0 saturated heterocycles. The molecule has 1 heterocycles. The second-order valence-corrected chi connectivity index (χ2v) is 5.55. The number of benzene rings is 1. The van der Waals surface area contributed by atoms with Crippen molar-refractivity contribution in [1.82, 2.24) is 0 Å². The normalized spacial score (nSPS) is 10.5. The van der Waals surface area contributed by atoms with E-state index in [4.69, 9.17) is 21.4 Å². The van der Waals surface area contributed by atoms with Crippen LogP contribution < -0.4 is 4.74 Å². The van der Waals surface area contributed by atoms with E-state index >= 15 is 0 Å². The number of carboxylic acid groups (broad SMARTS) is 1. The molecule has 0 bridgehead atoms. The number of aromatic carboxylic acids is 1. The Morgan fingerprint density at radius 2 is 2.21 bits per heavy atom. The van der Waals surface area contributed by atoms with Crippen molar-refractivity contribution in [2.45, 2.75) is 13.5 Å². The Kier molecular flexibility index (Phi) is 4.07. The van der Waals surface area contributed by atoms with Crippen LogP contribution in [0.15, 0.2) is 24.3 Å². The number of hydrogen-bond acceptors (Lipinski definition) is 3. The monoisotopic (exact) mass is 300 g/mol. The number of carbonyl (C=O) groups is 1. The van der Waals surface area contributed by atoms with Crippen LogP contribution >= 0.6 is 22.9 Å². The molecule has 0 aliphatic heterocycles. The van der Waals surface area contributed by atoms with Crippen LogP contribution in [0.2, 0.25) is 5.02 Å². The van der Waals surface area contributed by atoms with Gasteiger partial charge in [0.2, 0.25) is 0 Å². The maximum Gasteiger partial charge on any atom is 0.345 e. The molecule has 1 N–H and O–H groups in total. The van der Waals surface area contributed by atoms with Gasteiger partial charge in [0.05, 0.1) is 0 Å². The first-order valence-corrected chi connectivity index (χ1v) is 6.57. The number of rotatable bonds is 4. The second kappa shape index (κ2) is 5.59. The minimum atomic E-state index is -0.975. The molecule has 0 unspecified atom stereocenters. The summed E-state index contributed by atoms with van der Waals surface area (Å²) >= 11 is 6.81. The number of ether oxygens (including phenoxy) is 1. The molecular formula is C13H10ClFO3S. The average Bonchev–Trinajstić information content (AvgIpc) is 2.70. The summed E-state index contributed by atoms with van der Waals surface area (Å²) in [6.45, 7) is 1.92. The predicted molar refractivity (Wildman–Crippen MR) is 71.8 cm³/mol. The number of hydrogen-bond donors (Lipinski definition) is 1. The molecular weight excluding hydrogens is 291 g/mol. The zero-order valence-corrected chi connectivity index (χ0v) is 11.5. The van der Waals surface area contributed by atoms with Crippen molar-refractivity contribution < 1.29 is 19.0 Å². The van der Waals surface area contributed by atoms with Gasteiger partial charge in [0, 0.05) is 15.5 Å². The van der Waals surface area contributed by atoms with Gasteiger partial charge >= 0.3 is 5.97 Å². The van der Waals surface area contributed by atoms with Crippen LogP contribution in [0.3, 0.4) is 0 Å². The van der Waals surface area contributed by atoms with E-state index in [-0.39, 0.29) is 17.2 Å². The number of halogens is 2. The average molecular weight is 301 g/mol. The molecule has 0 atom stereocenters. The third kappa shape index (κ3) is 3.24. The van der Waals surface area contributed by atoms with Crippen LogP contribution in [0.5, 0.6) is 5.75 Å². The summed E-state index contributed by atoms with van der Waals surface area (Å²) in [5.41, 5.74) is 0.733. The Morgan fingerprint density at radius 1 is 1.47 bits per heavy atom. The van der Waals surface area contributed by atoms with Gasteiger partial charge in [-0.2, -0.15) is 0 Å². The minimum Gasteiger partial charge on any atom is -0.486 e. The number of thiophene rings is 1. The van der Waals surface area contributed by atoms with E-state index in [1.807, 2.05) is 0 Å². The zero-order valence-electron chi connectivity index (χ0n) is 9.94. The molecule has 0 spiro atoms. The molecule has 2 aromatic rings. The first-order chi connectivity index (χ1) is 8.97. The van der Waals surface area contributed by atoms with E-state index in [9.17, 15) is 9.18 Å². The molecule has 0 saturated carbocycles. The quantitative estimate of drug-likeness (QED) is 0.923. The van der Waals surface area contributed by atoms with Crippen molar-refractivity contribution in [3.63, 3.8) is 0 Å². The van der Waals surface area contributed by atoms with E-state index in [1.54, 1.807) is 6.92 Å². The fourth-order valence-electron chi connectivity index (χ4n) is 1.52. The van der Waals surface area contributed by atoms with E-state index in [1.165, 1.54) is 35.6 Å². The van der Waals surface area contributed by atoms with E-state index < -0.39 is 11.8 Å². The second-order valence-electron chi connectivity index (χ2n) is 3.86. The third-order valence-corrected chi connectivity index (χ3v) is 3.82. The molecule has 1 aromatic carbocycles. The van der Waals surface area contributed by atoms with E-state index in [2.05, 4.69) is 0 Å². The smallest absolute Gasteiger partial charge is 0.345 e. The van der Waals surface area contributed by atoms with Crippen LogP contribution in [0.1, 0.15) is 20.1 Å². The first kappa shape index (κ1) is 13.8. The van der Waals surface area contributed by atoms with Gasteiger partial charge in [0.25, 0.3) is 0 Å². The summed E-state index contributed by atoms with van der Waals surface area (Å²) in [7, 11) is 0. The van der Waals surface area contributed by atoms with Crippen molar-refractivity contribution in [3.8, 4) is 5.75 Å². The van der Waals surface area contributed by atoms with Gasteiger partial charge in [-0.05, 0) is 31.2 Å². The molecule has 100 valence electrons. The van der Waals surface area contributed by atoms with Crippen LogP contribution in [0, 0.1) is 12.7 Å². The fourth-order valence-corrected chi connectivity index (χ4v) is 2.54. The Labute approximate surface area is 118 Å². The van der Waals surface area contributed by atoms with Crippen LogP contribution in [-0.4, -0.2) is 11.1 Å². The lowest BCUT2D eigenvalue weighted by atomic mass is 10.2. The lowest BCUT2D eigenvalue weighted by molar-refractivity contribution is 0.0702. The predicted octanol–water partition coefficient (Wildman–Crippen LogP) is 4.13. The summed E-state index contributed by atoms with van der Waals surface area (Å²) in [6.07, 6.45) is 0. The maximum atomic E-state index is 13.5. The minimum absolute atomic E-state index is 0.0897. The summed E-state index contributed by atoms with van der Waals surface area (Å²) in [6, 6.07) is 5.68. The van der Waals surface area contributed by atoms with Gasteiger partial charge < -0.3 is 9.84 Å². The van der Waals surface area contributed by atoms with Crippen molar-refractivity contribution in [2.75, 3.05) is 0 Å². The zero-order chi connectivity index (χ0) is 14.0. The number of aryl methyl sites for hydroxylation is 1. The van der Waals surface area contributed by atoms with Gasteiger partial charge in [-0.15, -0.1) is 11.3 Å². The Morgan fingerprint density at radius 3 is 2.79 bits per heavy atom. The molecule has 6 heteroatoms. The first-order valence-electron chi connectivity index (χ1n) is 5.38. The van der Waals surface area contributed by atoms with E-state index in [0.29, 0.717) is 5.02 Å². The van der Waals surface area contributed by atoms with Crippen LogP contribution in [0.25, 0.3) is 0 Å². The van der Waals surface area contributed by atoms with Gasteiger partial charge in [-0.1, -0.05) is 11.6 Å². The van der Waals surface area contributed by atoms with E-state index in [0.717, 1.165) is 10.4 Å². The molecule has 0 radical (unpaired) electrons. The molecule has 0 aliphatic rings. The number of carboxylic acids is 1. The molecule has 1 aromatic heterocycles.